The van der Waals surface area contributed by atoms with Crippen molar-refractivity contribution in [2.45, 2.75) is 25.7 Å². The van der Waals surface area contributed by atoms with Gasteiger partial charge in [0, 0.05) is 5.88 Å². The summed E-state index contributed by atoms with van der Waals surface area (Å²) in [6.45, 7) is 4.10. The molecule has 1 aromatic carbocycles. The molecule has 0 spiro atoms. The fourth-order valence-electron chi connectivity index (χ4n) is 2.07. The van der Waals surface area contributed by atoms with Gasteiger partial charge in [-0.05, 0) is 30.0 Å². The average molecular weight is 252 g/mol. The van der Waals surface area contributed by atoms with Crippen LogP contribution < -0.4 is 4.74 Å². The lowest BCUT2D eigenvalue weighted by Gasteiger charge is -2.30. The molecule has 2 nitrogen and oxygen atoms in total. The summed E-state index contributed by atoms with van der Waals surface area (Å²) in [6.07, 6.45) is 0.649. The second kappa shape index (κ2) is 5.93. The lowest BCUT2D eigenvalue weighted by Crippen LogP contribution is -2.31. The van der Waals surface area contributed by atoms with E-state index in [2.05, 4.69) is 19.9 Å². The number of alkyl halides is 1. The SMILES string of the molecule is COc1cccc(C(C#N)(CCCl)C(C)C)c1. The Morgan fingerprint density at radius 3 is 2.65 bits per heavy atom. The number of hydrogen-bond acceptors (Lipinski definition) is 2. The monoisotopic (exact) mass is 251 g/mol. The predicted octanol–water partition coefficient (Wildman–Crippen LogP) is 3.74. The fourth-order valence-corrected chi connectivity index (χ4v) is 2.36. The van der Waals surface area contributed by atoms with E-state index in [1.165, 1.54) is 0 Å². The molecule has 92 valence electrons. The molecule has 0 aliphatic carbocycles. The van der Waals surface area contributed by atoms with E-state index in [-0.39, 0.29) is 5.92 Å². The molecule has 3 heteroatoms. The first-order valence-corrected chi connectivity index (χ1v) is 6.26. The van der Waals surface area contributed by atoms with E-state index >= 15 is 0 Å². The first-order chi connectivity index (χ1) is 8.10. The maximum absolute atomic E-state index is 9.55. The van der Waals surface area contributed by atoms with Crippen LogP contribution in [0.4, 0.5) is 0 Å². The lowest BCUT2D eigenvalue weighted by atomic mass is 9.71. The Balaban J connectivity index is 3.26. The highest BCUT2D eigenvalue weighted by atomic mass is 35.5. The van der Waals surface area contributed by atoms with Crippen molar-refractivity contribution in [1.82, 2.24) is 0 Å². The Bertz CT molecular complexity index is 411. The van der Waals surface area contributed by atoms with Gasteiger partial charge in [-0.25, -0.2) is 0 Å². The molecule has 0 aliphatic rings. The van der Waals surface area contributed by atoms with Crippen LogP contribution in [0, 0.1) is 17.2 Å². The number of rotatable bonds is 5. The Morgan fingerprint density at radius 1 is 1.47 bits per heavy atom. The Hall–Kier alpha value is -1.20. The minimum atomic E-state index is -0.531. The largest absolute Gasteiger partial charge is 0.497 e. The predicted molar refractivity (Wildman–Crippen MR) is 70.5 cm³/mol. The zero-order valence-electron chi connectivity index (χ0n) is 10.5. The summed E-state index contributed by atoms with van der Waals surface area (Å²) in [5, 5.41) is 9.55. The van der Waals surface area contributed by atoms with Crippen molar-refractivity contribution >= 4 is 11.6 Å². The van der Waals surface area contributed by atoms with Crippen LogP contribution in [0.5, 0.6) is 5.75 Å². The molecular weight excluding hydrogens is 234 g/mol. The van der Waals surface area contributed by atoms with E-state index in [0.29, 0.717) is 12.3 Å². The van der Waals surface area contributed by atoms with Crippen LogP contribution in [-0.4, -0.2) is 13.0 Å². The van der Waals surface area contributed by atoms with E-state index in [1.807, 2.05) is 24.3 Å². The van der Waals surface area contributed by atoms with Gasteiger partial charge in [0.25, 0.3) is 0 Å². The summed E-state index contributed by atoms with van der Waals surface area (Å²) < 4.78 is 5.21. The van der Waals surface area contributed by atoms with E-state index < -0.39 is 5.41 Å². The molecule has 0 heterocycles. The molecule has 0 aromatic heterocycles. The quantitative estimate of drug-likeness (QED) is 0.747. The molecule has 0 aliphatic heterocycles. The topological polar surface area (TPSA) is 33.0 Å². The third-order valence-corrected chi connectivity index (χ3v) is 3.45. The van der Waals surface area contributed by atoms with Crippen molar-refractivity contribution in [3.8, 4) is 11.8 Å². The van der Waals surface area contributed by atoms with Crippen LogP contribution >= 0.6 is 11.6 Å². The molecule has 17 heavy (non-hydrogen) atoms. The van der Waals surface area contributed by atoms with Crippen LogP contribution in [0.2, 0.25) is 0 Å². The normalized spacial score (nSPS) is 14.1. The molecule has 1 atom stereocenters. The Morgan fingerprint density at radius 2 is 2.18 bits per heavy atom. The molecule has 1 aromatic rings. The summed E-state index contributed by atoms with van der Waals surface area (Å²) in [7, 11) is 1.63. The van der Waals surface area contributed by atoms with Gasteiger partial charge in [-0.2, -0.15) is 5.26 Å². The smallest absolute Gasteiger partial charge is 0.119 e. The van der Waals surface area contributed by atoms with Crippen molar-refractivity contribution in [2.75, 3.05) is 13.0 Å². The van der Waals surface area contributed by atoms with E-state index in [0.717, 1.165) is 11.3 Å². The number of ether oxygens (including phenoxy) is 1. The summed E-state index contributed by atoms with van der Waals surface area (Å²) >= 11 is 5.85. The van der Waals surface area contributed by atoms with E-state index in [1.54, 1.807) is 7.11 Å². The van der Waals surface area contributed by atoms with Gasteiger partial charge < -0.3 is 4.74 Å². The van der Waals surface area contributed by atoms with E-state index in [9.17, 15) is 5.26 Å². The van der Waals surface area contributed by atoms with Crippen LogP contribution in [0.25, 0.3) is 0 Å². The number of hydrogen-bond donors (Lipinski definition) is 0. The highest BCUT2D eigenvalue weighted by molar-refractivity contribution is 6.17. The van der Waals surface area contributed by atoms with Gasteiger partial charge in [0.15, 0.2) is 0 Å². The highest BCUT2D eigenvalue weighted by Crippen LogP contribution is 2.37. The zero-order valence-corrected chi connectivity index (χ0v) is 11.3. The van der Waals surface area contributed by atoms with Crippen LogP contribution in [-0.2, 0) is 5.41 Å². The number of benzene rings is 1. The summed E-state index contributed by atoms with van der Waals surface area (Å²) in [5.41, 5.74) is 0.450. The molecular formula is C14H18ClNO. The molecule has 0 N–H and O–H groups in total. The van der Waals surface area contributed by atoms with Gasteiger partial charge >= 0.3 is 0 Å². The zero-order chi connectivity index (χ0) is 12.9. The maximum Gasteiger partial charge on any atom is 0.119 e. The van der Waals surface area contributed by atoms with Gasteiger partial charge in [-0.3, -0.25) is 0 Å². The number of halogens is 1. The molecule has 1 rings (SSSR count). The van der Waals surface area contributed by atoms with Crippen molar-refractivity contribution in [1.29, 1.82) is 5.26 Å². The van der Waals surface area contributed by atoms with Gasteiger partial charge in [0.1, 0.15) is 5.75 Å². The minimum absolute atomic E-state index is 0.207. The Kier molecular flexibility index (Phi) is 4.84. The van der Waals surface area contributed by atoms with Crippen molar-refractivity contribution < 1.29 is 4.74 Å². The number of nitrogens with zero attached hydrogens (tertiary/aromatic N) is 1. The number of nitriles is 1. The molecule has 0 amide bonds. The van der Waals surface area contributed by atoms with Crippen molar-refractivity contribution in [3.05, 3.63) is 29.8 Å². The second-order valence-electron chi connectivity index (χ2n) is 4.41. The maximum atomic E-state index is 9.55. The van der Waals surface area contributed by atoms with Crippen molar-refractivity contribution in [2.24, 2.45) is 5.92 Å². The first kappa shape index (κ1) is 13.9. The Labute approximate surface area is 108 Å². The molecule has 0 saturated heterocycles. The minimum Gasteiger partial charge on any atom is -0.497 e. The van der Waals surface area contributed by atoms with Crippen LogP contribution in [0.15, 0.2) is 24.3 Å². The van der Waals surface area contributed by atoms with Crippen LogP contribution in [0.3, 0.4) is 0 Å². The summed E-state index contributed by atoms with van der Waals surface area (Å²) in [5.74, 6) is 1.46. The fraction of sp³-hybridized carbons (Fsp3) is 0.500. The highest BCUT2D eigenvalue weighted by Gasteiger charge is 2.35. The van der Waals surface area contributed by atoms with Gasteiger partial charge in [-0.1, -0.05) is 26.0 Å². The third kappa shape index (κ3) is 2.73. The van der Waals surface area contributed by atoms with Gasteiger partial charge in [0.2, 0.25) is 0 Å². The molecule has 0 bridgehead atoms. The van der Waals surface area contributed by atoms with Crippen molar-refractivity contribution in [3.63, 3.8) is 0 Å². The molecule has 0 radical (unpaired) electrons. The first-order valence-electron chi connectivity index (χ1n) is 5.72. The second-order valence-corrected chi connectivity index (χ2v) is 4.79. The summed E-state index contributed by atoms with van der Waals surface area (Å²) in [4.78, 5) is 0. The summed E-state index contributed by atoms with van der Waals surface area (Å²) in [6, 6.07) is 10.1. The standard InChI is InChI=1S/C14H18ClNO/c1-11(2)14(10-16,7-8-15)12-5-4-6-13(9-12)17-3/h4-6,9,11H,7-8H2,1-3H3. The third-order valence-electron chi connectivity index (χ3n) is 3.26. The molecule has 0 saturated carbocycles. The van der Waals surface area contributed by atoms with Crippen LogP contribution in [0.1, 0.15) is 25.8 Å². The molecule has 1 unspecified atom stereocenters. The van der Waals surface area contributed by atoms with Gasteiger partial charge in [0.05, 0.1) is 18.6 Å². The van der Waals surface area contributed by atoms with E-state index in [4.69, 9.17) is 16.3 Å². The average Bonchev–Trinajstić information content (AvgIpc) is 2.35. The lowest BCUT2D eigenvalue weighted by molar-refractivity contribution is 0.378. The molecule has 0 fully saturated rings. The van der Waals surface area contributed by atoms with Gasteiger partial charge in [-0.15, -0.1) is 11.6 Å². The number of methoxy groups -OCH3 is 1.